The van der Waals surface area contributed by atoms with Crippen molar-refractivity contribution >= 4 is 23.9 Å². The van der Waals surface area contributed by atoms with E-state index in [2.05, 4.69) is 10.6 Å². The molecule has 0 radical (unpaired) electrons. The highest BCUT2D eigenvalue weighted by molar-refractivity contribution is 5.94. The number of hydrogen-bond acceptors (Lipinski definition) is 7. The molecule has 1 saturated carbocycles. The smallest absolute Gasteiger partial charge is 0.408 e. The van der Waals surface area contributed by atoms with Crippen molar-refractivity contribution in [3.8, 4) is 0 Å². The maximum absolute atomic E-state index is 14.5. The van der Waals surface area contributed by atoms with E-state index >= 15 is 0 Å². The second-order valence-electron chi connectivity index (χ2n) is 14.0. The second kappa shape index (κ2) is 14.5. The molecule has 2 aromatic rings. The van der Waals surface area contributed by atoms with Gasteiger partial charge in [-0.15, -0.1) is 0 Å². The van der Waals surface area contributed by atoms with Gasteiger partial charge in [0.2, 0.25) is 11.8 Å². The van der Waals surface area contributed by atoms with Gasteiger partial charge in [-0.1, -0.05) is 61.0 Å². The number of ether oxygens (including phenoxy) is 2. The van der Waals surface area contributed by atoms with E-state index in [9.17, 15) is 24.3 Å². The standard InChI is InChI=1S/C35H49N3O7/c1-21-15-16-25(22(2)17-21)29(30(40)36-26(32(42)44-34(4,5)6)19-24-13-11-10-12-14-24)38(28-18-23(28)3)31(41)27(20-39)37-33(43)45-35(7,8)9/h10-17,23,26-29,39H,18-20H2,1-9H3,(H,36,40)(H,37,43). The maximum atomic E-state index is 14.5. The summed E-state index contributed by atoms with van der Waals surface area (Å²) in [5.41, 5.74) is 1.53. The molecule has 1 aliphatic rings. The van der Waals surface area contributed by atoms with E-state index < -0.39 is 59.8 Å². The quantitative estimate of drug-likeness (QED) is 0.313. The summed E-state index contributed by atoms with van der Waals surface area (Å²) in [6.45, 7) is 15.4. The number of alkyl carbamates (subject to hydrolysis) is 1. The highest BCUT2D eigenvalue weighted by Crippen LogP contribution is 2.41. The number of carbonyl (C=O) groups is 4. The van der Waals surface area contributed by atoms with E-state index in [1.807, 2.05) is 63.2 Å². The van der Waals surface area contributed by atoms with E-state index in [1.54, 1.807) is 47.6 Å². The summed E-state index contributed by atoms with van der Waals surface area (Å²) in [6.07, 6.45) is -0.0576. The molecule has 1 aliphatic carbocycles. The molecule has 246 valence electrons. The molecule has 3 N–H and O–H groups in total. The van der Waals surface area contributed by atoms with Crippen LogP contribution in [0.4, 0.5) is 4.79 Å². The fourth-order valence-corrected chi connectivity index (χ4v) is 5.20. The van der Waals surface area contributed by atoms with Crippen molar-refractivity contribution in [1.82, 2.24) is 15.5 Å². The number of nitrogens with one attached hydrogen (secondary N) is 2. The lowest BCUT2D eigenvalue weighted by Crippen LogP contribution is -2.56. The van der Waals surface area contributed by atoms with Gasteiger partial charge in [-0.2, -0.15) is 0 Å². The molecule has 10 nitrogen and oxygen atoms in total. The molecule has 3 amide bonds. The summed E-state index contributed by atoms with van der Waals surface area (Å²) in [7, 11) is 0. The normalized spacial score (nSPS) is 18.2. The van der Waals surface area contributed by atoms with Gasteiger partial charge in [0.25, 0.3) is 0 Å². The van der Waals surface area contributed by atoms with E-state index in [-0.39, 0.29) is 18.4 Å². The van der Waals surface area contributed by atoms with Crippen LogP contribution in [0.25, 0.3) is 0 Å². The Balaban J connectivity index is 2.06. The lowest BCUT2D eigenvalue weighted by atomic mass is 9.95. The highest BCUT2D eigenvalue weighted by atomic mass is 16.6. The Morgan fingerprint density at radius 3 is 2.02 bits per heavy atom. The Labute approximate surface area is 266 Å². The fraction of sp³-hybridized carbons (Fsp3) is 0.543. The van der Waals surface area contributed by atoms with Crippen LogP contribution < -0.4 is 10.6 Å². The minimum absolute atomic E-state index is 0.0712. The largest absolute Gasteiger partial charge is 0.458 e. The lowest BCUT2D eigenvalue weighted by Gasteiger charge is -2.36. The summed E-state index contributed by atoms with van der Waals surface area (Å²) in [5.74, 6) is -1.73. The highest BCUT2D eigenvalue weighted by Gasteiger charge is 2.49. The van der Waals surface area contributed by atoms with Crippen molar-refractivity contribution in [3.63, 3.8) is 0 Å². The molecule has 0 saturated heterocycles. The van der Waals surface area contributed by atoms with Crippen LogP contribution in [0.5, 0.6) is 0 Å². The molecule has 0 heterocycles. The van der Waals surface area contributed by atoms with Gasteiger partial charge in [0.05, 0.1) is 6.61 Å². The van der Waals surface area contributed by atoms with Crippen LogP contribution in [-0.4, -0.2) is 69.8 Å². The Kier molecular flexibility index (Phi) is 11.4. The lowest BCUT2D eigenvalue weighted by molar-refractivity contribution is -0.159. The SMILES string of the molecule is Cc1ccc(C(C(=O)NC(Cc2ccccc2)C(=O)OC(C)(C)C)N(C(=O)C(CO)NC(=O)OC(C)(C)C)C2CC2C)c(C)c1. The van der Waals surface area contributed by atoms with Crippen molar-refractivity contribution in [2.45, 2.75) is 111 Å². The number of aliphatic hydroxyl groups excluding tert-OH is 1. The zero-order valence-electron chi connectivity index (χ0n) is 28.0. The van der Waals surface area contributed by atoms with E-state index in [4.69, 9.17) is 9.47 Å². The zero-order chi connectivity index (χ0) is 33.7. The van der Waals surface area contributed by atoms with Crippen molar-refractivity contribution in [2.75, 3.05) is 6.61 Å². The number of esters is 1. The van der Waals surface area contributed by atoms with Crippen LogP contribution in [0, 0.1) is 19.8 Å². The van der Waals surface area contributed by atoms with E-state index in [1.165, 1.54) is 4.90 Å². The summed E-state index contributed by atoms with van der Waals surface area (Å²) < 4.78 is 11.0. The zero-order valence-corrected chi connectivity index (χ0v) is 28.0. The maximum Gasteiger partial charge on any atom is 0.408 e. The third kappa shape index (κ3) is 10.3. The first-order chi connectivity index (χ1) is 20.9. The van der Waals surface area contributed by atoms with Gasteiger partial charge in [0.1, 0.15) is 29.3 Å². The molecule has 0 aromatic heterocycles. The number of rotatable bonds is 11. The fourth-order valence-electron chi connectivity index (χ4n) is 5.20. The number of hydrogen-bond donors (Lipinski definition) is 3. The summed E-state index contributed by atoms with van der Waals surface area (Å²) in [5, 5.41) is 15.6. The molecule has 0 aliphatic heterocycles. The van der Waals surface area contributed by atoms with E-state index in [0.29, 0.717) is 12.0 Å². The first-order valence-electron chi connectivity index (χ1n) is 15.5. The number of amides is 3. The van der Waals surface area contributed by atoms with E-state index in [0.717, 1.165) is 16.7 Å². The average molecular weight is 624 g/mol. The van der Waals surface area contributed by atoms with Crippen molar-refractivity contribution < 1.29 is 33.8 Å². The molecule has 3 rings (SSSR count). The van der Waals surface area contributed by atoms with Crippen LogP contribution in [0.1, 0.15) is 83.2 Å². The van der Waals surface area contributed by atoms with Crippen molar-refractivity contribution in [3.05, 3.63) is 70.8 Å². The average Bonchev–Trinajstić information content (AvgIpc) is 3.64. The van der Waals surface area contributed by atoms with Gasteiger partial charge in [-0.25, -0.2) is 9.59 Å². The Morgan fingerprint density at radius 1 is 0.911 bits per heavy atom. The van der Waals surface area contributed by atoms with Crippen LogP contribution in [0.3, 0.4) is 0 Å². The van der Waals surface area contributed by atoms with Gasteiger partial charge >= 0.3 is 12.1 Å². The Hall–Kier alpha value is -3.92. The summed E-state index contributed by atoms with van der Waals surface area (Å²) in [4.78, 5) is 56.2. The first kappa shape index (κ1) is 35.6. The second-order valence-corrected chi connectivity index (χ2v) is 14.0. The minimum atomic E-state index is -1.36. The van der Waals surface area contributed by atoms with Gasteiger partial charge in [0.15, 0.2) is 0 Å². The first-order valence-corrected chi connectivity index (χ1v) is 15.5. The number of nitrogens with zero attached hydrogens (tertiary/aromatic N) is 1. The number of benzene rings is 2. The van der Waals surface area contributed by atoms with Gasteiger partial charge < -0.3 is 30.1 Å². The molecular weight excluding hydrogens is 574 g/mol. The third-order valence-electron chi connectivity index (χ3n) is 7.39. The van der Waals surface area contributed by atoms with Crippen molar-refractivity contribution in [2.24, 2.45) is 5.92 Å². The molecule has 5 unspecified atom stereocenters. The summed E-state index contributed by atoms with van der Waals surface area (Å²) >= 11 is 0. The number of carbonyl (C=O) groups excluding carboxylic acids is 4. The van der Waals surface area contributed by atoms with Crippen LogP contribution in [-0.2, 0) is 30.3 Å². The molecule has 1 fully saturated rings. The van der Waals surface area contributed by atoms with Crippen LogP contribution >= 0.6 is 0 Å². The molecule has 2 aromatic carbocycles. The van der Waals surface area contributed by atoms with Gasteiger partial charge in [-0.3, -0.25) is 9.59 Å². The minimum Gasteiger partial charge on any atom is -0.458 e. The predicted molar refractivity (Wildman–Crippen MR) is 171 cm³/mol. The third-order valence-corrected chi connectivity index (χ3v) is 7.39. The Morgan fingerprint density at radius 2 is 1.51 bits per heavy atom. The Bertz CT molecular complexity index is 1360. The number of aryl methyl sites for hydroxylation is 2. The molecule has 0 bridgehead atoms. The van der Waals surface area contributed by atoms with Gasteiger partial charge in [-0.05, 0) is 84.4 Å². The molecule has 0 spiro atoms. The monoisotopic (exact) mass is 623 g/mol. The van der Waals surface area contributed by atoms with Crippen molar-refractivity contribution in [1.29, 1.82) is 0 Å². The topological polar surface area (TPSA) is 134 Å². The van der Waals surface area contributed by atoms with Crippen LogP contribution in [0.15, 0.2) is 48.5 Å². The number of aliphatic hydroxyl groups is 1. The molecule has 45 heavy (non-hydrogen) atoms. The molecular formula is C35H49N3O7. The molecule has 10 heteroatoms. The molecule has 5 atom stereocenters. The predicted octanol–water partition coefficient (Wildman–Crippen LogP) is 4.54. The summed E-state index contributed by atoms with van der Waals surface area (Å²) in [6, 6.07) is 11.0. The van der Waals surface area contributed by atoms with Gasteiger partial charge in [0, 0.05) is 12.5 Å². The van der Waals surface area contributed by atoms with Crippen LogP contribution in [0.2, 0.25) is 0 Å².